The number of fused-ring (bicyclic) bond motifs is 1. The lowest BCUT2D eigenvalue weighted by molar-refractivity contribution is -0.139. The lowest BCUT2D eigenvalue weighted by Crippen LogP contribution is -2.15. The van der Waals surface area contributed by atoms with Gasteiger partial charge in [0.25, 0.3) is 5.56 Å². The highest BCUT2D eigenvalue weighted by atomic mass is 19.4. The minimum atomic E-state index is -4.99. The van der Waals surface area contributed by atoms with Gasteiger partial charge in [-0.15, -0.1) is 0 Å². The maximum atomic E-state index is 13.9. The van der Waals surface area contributed by atoms with Crippen molar-refractivity contribution in [2.24, 2.45) is 0 Å². The number of para-hydroxylation sites is 1. The van der Waals surface area contributed by atoms with E-state index < -0.39 is 34.5 Å². The van der Waals surface area contributed by atoms with E-state index in [1.165, 1.54) is 12.1 Å². The number of hydrogen-bond donors (Lipinski definition) is 1. The number of hydrogen-bond acceptors (Lipinski definition) is 3. The molecule has 3 aromatic rings. The molecule has 0 aliphatic heterocycles. The van der Waals surface area contributed by atoms with Gasteiger partial charge in [0.2, 0.25) is 0 Å². The quantitative estimate of drug-likeness (QED) is 0.724. The van der Waals surface area contributed by atoms with Gasteiger partial charge in [0.15, 0.2) is 0 Å². The van der Waals surface area contributed by atoms with Crippen molar-refractivity contribution in [1.29, 1.82) is 0 Å². The first-order chi connectivity index (χ1) is 11.3. The number of halogens is 4. The van der Waals surface area contributed by atoms with Gasteiger partial charge in [-0.1, -0.05) is 12.1 Å². The number of aromatic amines is 1. The van der Waals surface area contributed by atoms with Gasteiger partial charge in [-0.25, -0.2) is 9.37 Å². The molecule has 0 bridgehead atoms. The predicted octanol–water partition coefficient (Wildman–Crippen LogP) is 3.76. The third-order valence-electron chi connectivity index (χ3n) is 3.47. The van der Waals surface area contributed by atoms with Crippen LogP contribution in [0.3, 0.4) is 0 Å². The third kappa shape index (κ3) is 2.60. The standard InChI is InChI=1S/C16H10F4N2O2/c1-24-11-7-6-9(17)13(16(18,19)20)12(11)14-21-10-5-3-2-4-8(10)15(23)22-14/h2-7H,1H3,(H,21,22,23). The maximum Gasteiger partial charge on any atom is 0.420 e. The molecular weight excluding hydrogens is 328 g/mol. The van der Waals surface area contributed by atoms with E-state index in [0.29, 0.717) is 6.07 Å². The number of methoxy groups -OCH3 is 1. The van der Waals surface area contributed by atoms with Crippen molar-refractivity contribution in [3.8, 4) is 17.1 Å². The fourth-order valence-corrected chi connectivity index (χ4v) is 2.45. The van der Waals surface area contributed by atoms with Gasteiger partial charge in [0.05, 0.1) is 23.6 Å². The summed E-state index contributed by atoms with van der Waals surface area (Å²) in [6.07, 6.45) is -4.99. The van der Waals surface area contributed by atoms with Crippen molar-refractivity contribution in [3.63, 3.8) is 0 Å². The molecule has 124 valence electrons. The number of H-pyrrole nitrogens is 1. The van der Waals surface area contributed by atoms with E-state index in [2.05, 4.69) is 9.97 Å². The molecule has 24 heavy (non-hydrogen) atoms. The monoisotopic (exact) mass is 338 g/mol. The minimum Gasteiger partial charge on any atom is -0.496 e. The molecule has 4 nitrogen and oxygen atoms in total. The van der Waals surface area contributed by atoms with Crippen LogP contribution in [0.1, 0.15) is 5.56 Å². The number of nitrogens with zero attached hydrogens (tertiary/aromatic N) is 1. The Bertz CT molecular complexity index is 980. The van der Waals surface area contributed by atoms with Crippen molar-refractivity contribution < 1.29 is 22.3 Å². The van der Waals surface area contributed by atoms with Crippen LogP contribution < -0.4 is 10.3 Å². The van der Waals surface area contributed by atoms with Crippen LogP contribution in [0.2, 0.25) is 0 Å². The highest BCUT2D eigenvalue weighted by Crippen LogP contribution is 2.42. The molecule has 0 saturated heterocycles. The van der Waals surface area contributed by atoms with Crippen molar-refractivity contribution in [3.05, 3.63) is 58.1 Å². The second-order valence-electron chi connectivity index (χ2n) is 4.93. The first kappa shape index (κ1) is 16.0. The normalized spacial score (nSPS) is 11.7. The first-order valence-corrected chi connectivity index (χ1v) is 6.76. The molecule has 1 heterocycles. The first-order valence-electron chi connectivity index (χ1n) is 6.76. The molecule has 0 unspecified atom stereocenters. The molecule has 0 saturated carbocycles. The molecule has 8 heteroatoms. The SMILES string of the molecule is COc1ccc(F)c(C(F)(F)F)c1-c1nc2ccccc2c(=O)[nH]1. The van der Waals surface area contributed by atoms with Gasteiger partial charge in [0.1, 0.15) is 23.0 Å². The molecule has 0 amide bonds. The number of aromatic nitrogens is 2. The zero-order chi connectivity index (χ0) is 17.5. The van der Waals surface area contributed by atoms with E-state index in [1.807, 2.05) is 0 Å². The number of rotatable bonds is 2. The predicted molar refractivity (Wildman–Crippen MR) is 79.3 cm³/mol. The number of alkyl halides is 3. The largest absolute Gasteiger partial charge is 0.496 e. The second-order valence-corrected chi connectivity index (χ2v) is 4.93. The lowest BCUT2D eigenvalue weighted by atomic mass is 10.0. The summed E-state index contributed by atoms with van der Waals surface area (Å²) >= 11 is 0. The number of ether oxygens (including phenoxy) is 1. The smallest absolute Gasteiger partial charge is 0.420 e. The summed E-state index contributed by atoms with van der Waals surface area (Å²) in [5, 5.41) is 0.213. The Kier molecular flexibility index (Phi) is 3.75. The van der Waals surface area contributed by atoms with E-state index in [-0.39, 0.29) is 16.7 Å². The third-order valence-corrected chi connectivity index (χ3v) is 3.47. The summed E-state index contributed by atoms with van der Waals surface area (Å²) in [5.41, 5.74) is -2.63. The fraction of sp³-hybridized carbons (Fsp3) is 0.125. The zero-order valence-corrected chi connectivity index (χ0v) is 12.2. The zero-order valence-electron chi connectivity index (χ0n) is 12.2. The Hall–Kier alpha value is -2.90. The molecule has 0 radical (unpaired) electrons. The molecule has 3 rings (SSSR count). The number of benzene rings is 2. The molecule has 0 aliphatic carbocycles. The summed E-state index contributed by atoms with van der Waals surface area (Å²) in [5.74, 6) is -2.14. The summed E-state index contributed by atoms with van der Waals surface area (Å²) < 4.78 is 58.7. The summed E-state index contributed by atoms with van der Waals surface area (Å²) in [4.78, 5) is 18.4. The van der Waals surface area contributed by atoms with Gasteiger partial charge in [0, 0.05) is 0 Å². The molecule has 2 aromatic carbocycles. The summed E-state index contributed by atoms with van der Waals surface area (Å²) in [7, 11) is 1.15. The van der Waals surface area contributed by atoms with Gasteiger partial charge >= 0.3 is 6.18 Å². The maximum absolute atomic E-state index is 13.9. The lowest BCUT2D eigenvalue weighted by Gasteiger charge is -2.16. The van der Waals surface area contributed by atoms with E-state index >= 15 is 0 Å². The summed E-state index contributed by atoms with van der Waals surface area (Å²) in [6.45, 7) is 0. The van der Waals surface area contributed by atoms with Crippen molar-refractivity contribution in [2.75, 3.05) is 7.11 Å². The Morgan fingerprint density at radius 3 is 2.50 bits per heavy atom. The van der Waals surface area contributed by atoms with Gasteiger partial charge in [-0.3, -0.25) is 4.79 Å². The minimum absolute atomic E-state index is 0.190. The van der Waals surface area contributed by atoms with E-state index in [0.717, 1.165) is 13.2 Å². The van der Waals surface area contributed by atoms with E-state index in [9.17, 15) is 22.4 Å². The topological polar surface area (TPSA) is 55.0 Å². The van der Waals surface area contributed by atoms with Crippen LogP contribution in [0.25, 0.3) is 22.3 Å². The number of nitrogens with one attached hydrogen (secondary N) is 1. The van der Waals surface area contributed by atoms with Crippen LogP contribution in [0.5, 0.6) is 5.75 Å². The molecule has 0 aliphatic rings. The average molecular weight is 338 g/mol. The molecule has 0 fully saturated rings. The Labute approximate surface area is 132 Å². The van der Waals surface area contributed by atoms with E-state index in [1.54, 1.807) is 12.1 Å². The van der Waals surface area contributed by atoms with Crippen LogP contribution in [0.15, 0.2) is 41.2 Å². The molecule has 1 N–H and O–H groups in total. The van der Waals surface area contributed by atoms with Crippen LogP contribution in [-0.4, -0.2) is 17.1 Å². The average Bonchev–Trinajstić information content (AvgIpc) is 2.53. The van der Waals surface area contributed by atoms with Crippen molar-refractivity contribution in [2.45, 2.75) is 6.18 Å². The second kappa shape index (κ2) is 5.63. The fourth-order valence-electron chi connectivity index (χ4n) is 2.45. The van der Waals surface area contributed by atoms with Gasteiger partial charge < -0.3 is 9.72 Å². The van der Waals surface area contributed by atoms with Crippen LogP contribution >= 0.6 is 0 Å². The highest BCUT2D eigenvalue weighted by molar-refractivity contribution is 5.81. The van der Waals surface area contributed by atoms with Crippen LogP contribution in [0, 0.1) is 5.82 Å². The van der Waals surface area contributed by atoms with Crippen LogP contribution in [-0.2, 0) is 6.18 Å². The molecule has 1 aromatic heterocycles. The Morgan fingerprint density at radius 1 is 1.12 bits per heavy atom. The summed E-state index contributed by atoms with van der Waals surface area (Å²) in [6, 6.07) is 7.86. The van der Waals surface area contributed by atoms with Gasteiger partial charge in [-0.05, 0) is 24.3 Å². The van der Waals surface area contributed by atoms with Crippen molar-refractivity contribution >= 4 is 10.9 Å². The van der Waals surface area contributed by atoms with E-state index in [4.69, 9.17) is 4.74 Å². The van der Waals surface area contributed by atoms with Crippen LogP contribution in [0.4, 0.5) is 17.6 Å². The molecule has 0 atom stereocenters. The van der Waals surface area contributed by atoms with Gasteiger partial charge in [-0.2, -0.15) is 13.2 Å². The Balaban J connectivity index is 2.41. The molecular formula is C16H10F4N2O2. The highest BCUT2D eigenvalue weighted by Gasteiger charge is 2.39. The Morgan fingerprint density at radius 2 is 1.83 bits per heavy atom. The van der Waals surface area contributed by atoms with Crippen molar-refractivity contribution in [1.82, 2.24) is 9.97 Å². The molecule has 0 spiro atoms.